The summed E-state index contributed by atoms with van der Waals surface area (Å²) in [5.74, 6) is -1.83. The van der Waals surface area contributed by atoms with E-state index < -0.39 is 17.6 Å². The number of hydrogen-bond donors (Lipinski definition) is 3. The molecule has 0 bridgehead atoms. The molecule has 2 aromatic rings. The van der Waals surface area contributed by atoms with E-state index in [0.29, 0.717) is 22.8 Å². The highest BCUT2D eigenvalue weighted by atomic mass is 32.2. The van der Waals surface area contributed by atoms with Crippen LogP contribution in [0.15, 0.2) is 41.3 Å². The molecule has 0 atom stereocenters. The minimum atomic E-state index is -1.31. The zero-order chi connectivity index (χ0) is 20.4. The molecule has 28 heavy (non-hydrogen) atoms. The number of ether oxygens (including phenoxy) is 1. The fourth-order valence-electron chi connectivity index (χ4n) is 2.57. The van der Waals surface area contributed by atoms with Crippen LogP contribution in [0.2, 0.25) is 0 Å². The van der Waals surface area contributed by atoms with Gasteiger partial charge in [0.05, 0.1) is 17.2 Å². The van der Waals surface area contributed by atoms with Crippen molar-refractivity contribution in [1.82, 2.24) is 0 Å². The molecule has 0 saturated carbocycles. The largest absolute Gasteiger partial charge is 0.507 e. The number of hydrogen-bond acceptors (Lipinski definition) is 7. The molecule has 1 fully saturated rings. The molecule has 3 N–H and O–H groups in total. The van der Waals surface area contributed by atoms with Gasteiger partial charge in [-0.2, -0.15) is 0 Å². The third-order valence-corrected chi connectivity index (χ3v) is 5.15. The Kier molecular flexibility index (Phi) is 5.57. The van der Waals surface area contributed by atoms with Gasteiger partial charge in [0.1, 0.15) is 11.3 Å². The van der Waals surface area contributed by atoms with Crippen molar-refractivity contribution < 1.29 is 29.6 Å². The van der Waals surface area contributed by atoms with E-state index in [1.54, 1.807) is 25.1 Å². The second-order valence-corrected chi connectivity index (χ2v) is 7.36. The molecule has 1 saturated heterocycles. The van der Waals surface area contributed by atoms with Crippen molar-refractivity contribution in [2.75, 3.05) is 11.5 Å². The number of nitrogens with zero attached hydrogens (tertiary/aromatic N) is 1. The first-order valence-corrected chi connectivity index (χ1v) is 9.34. The van der Waals surface area contributed by atoms with Gasteiger partial charge in [0, 0.05) is 0 Å². The van der Waals surface area contributed by atoms with E-state index in [9.17, 15) is 19.8 Å². The van der Waals surface area contributed by atoms with Crippen molar-refractivity contribution in [2.45, 2.75) is 6.92 Å². The smallest absolute Gasteiger partial charge is 0.339 e. The van der Waals surface area contributed by atoms with E-state index in [0.717, 1.165) is 11.8 Å². The van der Waals surface area contributed by atoms with Gasteiger partial charge in [-0.15, -0.1) is 0 Å². The number of phenols is 2. The number of amides is 1. The minimum absolute atomic E-state index is 0.00292. The number of aromatic carboxylic acids is 1. The molecule has 1 heterocycles. The van der Waals surface area contributed by atoms with Crippen molar-refractivity contribution in [2.24, 2.45) is 0 Å². The Morgan fingerprint density at radius 1 is 1.21 bits per heavy atom. The number of carbonyl (C=O) groups excluding carboxylic acids is 1. The normalized spacial score (nSPS) is 15.3. The van der Waals surface area contributed by atoms with Crippen LogP contribution in [0.5, 0.6) is 17.2 Å². The van der Waals surface area contributed by atoms with Crippen molar-refractivity contribution in [3.63, 3.8) is 0 Å². The molecule has 3 rings (SSSR count). The Morgan fingerprint density at radius 2 is 1.93 bits per heavy atom. The molecule has 2 aromatic carbocycles. The van der Waals surface area contributed by atoms with Gasteiger partial charge in [0.2, 0.25) is 0 Å². The molecule has 1 aliphatic heterocycles. The van der Waals surface area contributed by atoms with Gasteiger partial charge >= 0.3 is 5.97 Å². The predicted molar refractivity (Wildman–Crippen MR) is 110 cm³/mol. The summed E-state index contributed by atoms with van der Waals surface area (Å²) < 4.78 is 5.58. The fraction of sp³-hybridized carbons (Fsp3) is 0.105. The van der Waals surface area contributed by atoms with E-state index in [2.05, 4.69) is 0 Å². The molecule has 9 heteroatoms. The lowest BCUT2D eigenvalue weighted by Crippen LogP contribution is -2.27. The standard InChI is InChI=1S/C19H15NO6S2/c1-2-26-15-7-10(3-5-14(15)22)8-16-17(23)20(19(27)28-16)11-4-6-13(21)12(9-11)18(24)25/h3-9,21-22H,2H2,1H3,(H,24,25). The summed E-state index contributed by atoms with van der Waals surface area (Å²) in [6, 6.07) is 8.52. The van der Waals surface area contributed by atoms with Crippen LogP contribution in [0.1, 0.15) is 22.8 Å². The van der Waals surface area contributed by atoms with Gasteiger partial charge in [-0.05, 0) is 48.9 Å². The summed E-state index contributed by atoms with van der Waals surface area (Å²) in [4.78, 5) is 25.6. The van der Waals surface area contributed by atoms with Crippen LogP contribution in [0.25, 0.3) is 6.08 Å². The lowest BCUT2D eigenvalue weighted by molar-refractivity contribution is -0.113. The second kappa shape index (κ2) is 7.91. The maximum atomic E-state index is 12.8. The zero-order valence-corrected chi connectivity index (χ0v) is 16.2. The number of phenolic OH excluding ortho intramolecular Hbond substituents is 1. The van der Waals surface area contributed by atoms with Gasteiger partial charge in [0.25, 0.3) is 5.91 Å². The SMILES string of the molecule is CCOc1cc(C=C2SC(=S)N(c3ccc(O)c(C(=O)O)c3)C2=O)ccc1O. The molecule has 1 aliphatic rings. The summed E-state index contributed by atoms with van der Waals surface area (Å²) >= 11 is 6.34. The first-order chi connectivity index (χ1) is 13.3. The van der Waals surface area contributed by atoms with Crippen LogP contribution in [0.3, 0.4) is 0 Å². The number of aromatic hydroxyl groups is 2. The molecular weight excluding hydrogens is 402 g/mol. The summed E-state index contributed by atoms with van der Waals surface area (Å²) in [6.45, 7) is 2.17. The molecule has 1 amide bonds. The van der Waals surface area contributed by atoms with Gasteiger partial charge in [-0.1, -0.05) is 30.0 Å². The first kappa shape index (κ1) is 19.7. The van der Waals surface area contributed by atoms with Crippen LogP contribution >= 0.6 is 24.0 Å². The summed E-state index contributed by atoms with van der Waals surface area (Å²) in [6.07, 6.45) is 1.61. The number of rotatable bonds is 5. The molecule has 0 radical (unpaired) electrons. The average Bonchev–Trinajstić information content (AvgIpc) is 2.92. The molecule has 7 nitrogen and oxygen atoms in total. The summed E-state index contributed by atoms with van der Waals surface area (Å²) in [7, 11) is 0. The zero-order valence-electron chi connectivity index (χ0n) is 14.6. The van der Waals surface area contributed by atoms with E-state index >= 15 is 0 Å². The van der Waals surface area contributed by atoms with E-state index in [1.165, 1.54) is 29.2 Å². The van der Waals surface area contributed by atoms with Gasteiger partial charge in [0.15, 0.2) is 15.8 Å². The number of thioether (sulfide) groups is 1. The third kappa shape index (κ3) is 3.80. The lowest BCUT2D eigenvalue weighted by atomic mass is 10.1. The highest BCUT2D eigenvalue weighted by Gasteiger charge is 2.34. The second-order valence-electron chi connectivity index (χ2n) is 5.68. The van der Waals surface area contributed by atoms with Crippen molar-refractivity contribution in [3.05, 3.63) is 52.4 Å². The van der Waals surface area contributed by atoms with Crippen LogP contribution in [-0.2, 0) is 4.79 Å². The molecular formula is C19H15NO6S2. The van der Waals surface area contributed by atoms with E-state index in [4.69, 9.17) is 22.1 Å². The monoisotopic (exact) mass is 417 g/mol. The number of benzene rings is 2. The van der Waals surface area contributed by atoms with Crippen LogP contribution in [0.4, 0.5) is 5.69 Å². The van der Waals surface area contributed by atoms with Crippen LogP contribution < -0.4 is 9.64 Å². The Labute approximate surface area is 169 Å². The molecule has 0 aromatic heterocycles. The maximum absolute atomic E-state index is 12.8. The topological polar surface area (TPSA) is 107 Å². The molecule has 0 aliphatic carbocycles. The quantitative estimate of drug-likeness (QED) is 0.500. The average molecular weight is 417 g/mol. The number of carboxylic acids is 1. The van der Waals surface area contributed by atoms with Crippen LogP contribution in [-0.4, -0.2) is 38.1 Å². The lowest BCUT2D eigenvalue weighted by Gasteiger charge is -2.15. The Morgan fingerprint density at radius 3 is 2.61 bits per heavy atom. The van der Waals surface area contributed by atoms with Gasteiger partial charge in [-0.3, -0.25) is 9.69 Å². The Hall–Kier alpha value is -3.04. The predicted octanol–water partition coefficient (Wildman–Crippen LogP) is 3.60. The molecule has 0 unspecified atom stereocenters. The Balaban J connectivity index is 1.94. The van der Waals surface area contributed by atoms with Crippen molar-refractivity contribution in [1.29, 1.82) is 0 Å². The van der Waals surface area contributed by atoms with Crippen molar-refractivity contribution in [3.8, 4) is 17.2 Å². The van der Waals surface area contributed by atoms with Crippen LogP contribution in [0, 0.1) is 0 Å². The van der Waals surface area contributed by atoms with E-state index in [1.807, 2.05) is 0 Å². The van der Waals surface area contributed by atoms with Gasteiger partial charge in [-0.25, -0.2) is 4.79 Å². The number of carboxylic acid groups (broad SMARTS) is 1. The highest BCUT2D eigenvalue weighted by molar-refractivity contribution is 8.27. The number of carbonyl (C=O) groups is 2. The van der Waals surface area contributed by atoms with Gasteiger partial charge < -0.3 is 20.1 Å². The third-order valence-electron chi connectivity index (χ3n) is 3.84. The maximum Gasteiger partial charge on any atom is 0.339 e. The molecule has 0 spiro atoms. The minimum Gasteiger partial charge on any atom is -0.507 e. The van der Waals surface area contributed by atoms with Crippen molar-refractivity contribution >= 4 is 51.9 Å². The first-order valence-electron chi connectivity index (χ1n) is 8.12. The fourth-order valence-corrected chi connectivity index (χ4v) is 3.87. The number of thiocarbonyl (C=S) groups is 1. The van der Waals surface area contributed by atoms with E-state index in [-0.39, 0.29) is 21.3 Å². The highest BCUT2D eigenvalue weighted by Crippen LogP contribution is 2.38. The number of anilines is 1. The molecule has 144 valence electrons. The summed E-state index contributed by atoms with van der Waals surface area (Å²) in [5.41, 5.74) is 0.566. The Bertz CT molecular complexity index is 1020. The summed E-state index contributed by atoms with van der Waals surface area (Å²) in [5, 5.41) is 28.6.